The smallest absolute Gasteiger partial charge is 0.371 e. The number of nitrogens with two attached hydrogens (primary N) is 1. The average molecular weight is 716 g/mol. The zero-order chi connectivity index (χ0) is 30.6. The Morgan fingerprint density at radius 3 is 1.65 bits per heavy atom. The Morgan fingerprint density at radius 1 is 0.674 bits per heavy atom. The SMILES string of the molecule is Nc1ccccc1N1CCCCC1.O=C(Nc1ccccc1N1CCCCC1)c1ccc(Br)o1.O=C(O)c1ccc(Br)o1. The van der Waals surface area contributed by atoms with Gasteiger partial charge in [0.2, 0.25) is 5.76 Å². The summed E-state index contributed by atoms with van der Waals surface area (Å²) in [7, 11) is 0. The minimum atomic E-state index is -1.05. The highest BCUT2D eigenvalue weighted by atomic mass is 79.9. The largest absolute Gasteiger partial charge is 0.475 e. The van der Waals surface area contributed by atoms with Gasteiger partial charge in [-0.05, 0) is 119 Å². The summed E-state index contributed by atoms with van der Waals surface area (Å²) in [6, 6.07) is 22.3. The second-order valence-corrected chi connectivity index (χ2v) is 11.7. The molecule has 0 saturated carbocycles. The van der Waals surface area contributed by atoms with E-state index in [4.69, 9.17) is 15.3 Å². The maximum absolute atomic E-state index is 12.2. The standard InChI is InChI=1S/C16H17BrN2O2.C11H16N2.C5H3BrO3/c17-15-9-8-14(21-15)16(20)18-12-6-2-3-7-13(12)19-10-4-1-5-11-19;12-10-6-2-3-7-11(10)13-8-4-1-5-9-13;6-4-2-1-3(9-4)5(7)8/h2-3,6-9H,1,4-5,10-11H2,(H,18,20);2-3,6-7H,1,4-5,8-9,12H2;1-2H,(H,7,8). The van der Waals surface area contributed by atoms with Gasteiger partial charge in [-0.15, -0.1) is 0 Å². The van der Waals surface area contributed by atoms with Crippen LogP contribution in [0.2, 0.25) is 0 Å². The van der Waals surface area contributed by atoms with Crippen LogP contribution in [0.25, 0.3) is 0 Å². The van der Waals surface area contributed by atoms with Crippen molar-refractivity contribution in [3.8, 4) is 0 Å². The normalized spacial score (nSPS) is 14.6. The highest BCUT2D eigenvalue weighted by Gasteiger charge is 2.17. The first-order chi connectivity index (χ1) is 20.8. The van der Waals surface area contributed by atoms with Gasteiger partial charge in [0.15, 0.2) is 15.1 Å². The second kappa shape index (κ2) is 16.2. The number of benzene rings is 2. The Morgan fingerprint density at radius 2 is 1.16 bits per heavy atom. The van der Waals surface area contributed by atoms with Crippen molar-refractivity contribution in [1.82, 2.24) is 0 Å². The van der Waals surface area contributed by atoms with Gasteiger partial charge < -0.3 is 34.8 Å². The molecule has 0 atom stereocenters. The van der Waals surface area contributed by atoms with E-state index in [-0.39, 0.29) is 11.7 Å². The predicted octanol–water partition coefficient (Wildman–Crippen LogP) is 8.28. The zero-order valence-electron chi connectivity index (χ0n) is 23.8. The number of furan rings is 2. The maximum atomic E-state index is 12.2. The number of nitrogen functional groups attached to an aromatic ring is 1. The molecule has 228 valence electrons. The van der Waals surface area contributed by atoms with Crippen LogP contribution in [-0.2, 0) is 0 Å². The van der Waals surface area contributed by atoms with Gasteiger partial charge in [-0.2, -0.15) is 0 Å². The molecule has 2 fully saturated rings. The van der Waals surface area contributed by atoms with Crippen LogP contribution in [0.3, 0.4) is 0 Å². The minimum Gasteiger partial charge on any atom is -0.475 e. The van der Waals surface area contributed by atoms with Crippen LogP contribution in [0.15, 0.2) is 91.0 Å². The zero-order valence-corrected chi connectivity index (χ0v) is 27.0. The van der Waals surface area contributed by atoms with E-state index in [2.05, 4.69) is 69.6 Å². The molecule has 4 heterocycles. The van der Waals surface area contributed by atoms with Crippen molar-refractivity contribution in [2.45, 2.75) is 38.5 Å². The van der Waals surface area contributed by atoms with Crippen LogP contribution in [0.1, 0.15) is 59.6 Å². The fourth-order valence-electron chi connectivity index (χ4n) is 4.95. The predicted molar refractivity (Wildman–Crippen MR) is 177 cm³/mol. The van der Waals surface area contributed by atoms with Gasteiger partial charge in [0.1, 0.15) is 0 Å². The van der Waals surface area contributed by atoms with Gasteiger partial charge in [0.05, 0.1) is 22.7 Å². The van der Waals surface area contributed by atoms with Gasteiger partial charge in [-0.25, -0.2) is 4.79 Å². The summed E-state index contributed by atoms with van der Waals surface area (Å²) in [6.45, 7) is 4.40. The van der Waals surface area contributed by atoms with Crippen molar-refractivity contribution < 1.29 is 23.5 Å². The van der Waals surface area contributed by atoms with Gasteiger partial charge in [-0.1, -0.05) is 24.3 Å². The van der Waals surface area contributed by atoms with Crippen LogP contribution in [-0.4, -0.2) is 43.2 Å². The lowest BCUT2D eigenvalue weighted by Gasteiger charge is -2.30. The van der Waals surface area contributed by atoms with E-state index in [0.29, 0.717) is 15.1 Å². The molecule has 2 aromatic carbocycles. The number of rotatable bonds is 5. The first-order valence-corrected chi connectivity index (χ1v) is 15.9. The number of hydrogen-bond acceptors (Lipinski definition) is 7. The van der Waals surface area contributed by atoms with Crippen molar-refractivity contribution >= 4 is 66.5 Å². The molecule has 9 nitrogen and oxygen atoms in total. The molecule has 2 saturated heterocycles. The highest BCUT2D eigenvalue weighted by molar-refractivity contribution is 9.10. The van der Waals surface area contributed by atoms with Crippen molar-refractivity contribution in [3.63, 3.8) is 0 Å². The Kier molecular flexibility index (Phi) is 12.2. The number of piperidine rings is 2. The second-order valence-electron chi connectivity index (χ2n) is 10.1. The molecule has 2 aromatic heterocycles. The summed E-state index contributed by atoms with van der Waals surface area (Å²) in [6.07, 6.45) is 7.65. The molecular formula is C32H36Br2N4O5. The van der Waals surface area contributed by atoms with E-state index in [0.717, 1.165) is 43.2 Å². The first-order valence-electron chi connectivity index (χ1n) is 14.3. The van der Waals surface area contributed by atoms with Crippen molar-refractivity contribution in [3.05, 3.63) is 93.7 Å². The van der Waals surface area contributed by atoms with Gasteiger partial charge in [0, 0.05) is 26.2 Å². The van der Waals surface area contributed by atoms with Gasteiger partial charge in [0.25, 0.3) is 5.91 Å². The fourth-order valence-corrected chi connectivity index (χ4v) is 5.56. The third-order valence-corrected chi connectivity index (χ3v) is 7.92. The summed E-state index contributed by atoms with van der Waals surface area (Å²) < 4.78 is 10.9. The number of amides is 1. The fraction of sp³-hybridized carbons (Fsp3) is 0.312. The van der Waals surface area contributed by atoms with Crippen LogP contribution in [0.4, 0.5) is 22.7 Å². The number of nitrogens with one attached hydrogen (secondary N) is 1. The average Bonchev–Trinajstić information content (AvgIpc) is 3.68. The van der Waals surface area contributed by atoms with E-state index in [1.165, 1.54) is 56.3 Å². The summed E-state index contributed by atoms with van der Waals surface area (Å²) in [5.74, 6) is -1.04. The van der Waals surface area contributed by atoms with E-state index >= 15 is 0 Å². The van der Waals surface area contributed by atoms with Gasteiger partial charge >= 0.3 is 5.97 Å². The number of anilines is 4. The number of carboxylic acids is 1. The molecule has 0 bridgehead atoms. The van der Waals surface area contributed by atoms with Gasteiger partial charge in [-0.3, -0.25) is 4.79 Å². The third-order valence-electron chi connectivity index (χ3n) is 7.06. The Labute approximate surface area is 268 Å². The number of carboxylic acid groups (broad SMARTS) is 1. The monoisotopic (exact) mass is 714 g/mol. The molecule has 1 amide bonds. The molecule has 6 rings (SSSR count). The number of aromatic carboxylic acids is 1. The Balaban J connectivity index is 0.000000163. The number of halogens is 2. The molecule has 11 heteroatoms. The number of nitrogens with zero attached hydrogens (tertiary/aromatic N) is 2. The summed E-state index contributed by atoms with van der Waals surface area (Å²) in [5, 5.41) is 11.2. The molecular weight excluding hydrogens is 680 g/mol. The quantitative estimate of drug-likeness (QED) is 0.176. The first kappa shape index (κ1) is 32.2. The van der Waals surface area contributed by atoms with E-state index in [1.807, 2.05) is 30.3 Å². The number of para-hydroxylation sites is 4. The number of carbonyl (C=O) groups excluding carboxylic acids is 1. The highest BCUT2D eigenvalue weighted by Crippen LogP contribution is 2.29. The topological polar surface area (TPSA) is 125 Å². The maximum Gasteiger partial charge on any atom is 0.371 e. The van der Waals surface area contributed by atoms with Crippen LogP contribution in [0.5, 0.6) is 0 Å². The van der Waals surface area contributed by atoms with E-state index in [1.54, 1.807) is 12.1 Å². The van der Waals surface area contributed by atoms with Crippen molar-refractivity contribution in [1.29, 1.82) is 0 Å². The lowest BCUT2D eigenvalue weighted by atomic mass is 10.1. The van der Waals surface area contributed by atoms with Crippen LogP contribution < -0.4 is 20.9 Å². The molecule has 0 spiro atoms. The third kappa shape index (κ3) is 9.65. The lowest BCUT2D eigenvalue weighted by Crippen LogP contribution is -2.30. The van der Waals surface area contributed by atoms with Crippen molar-refractivity contribution in [2.75, 3.05) is 47.0 Å². The molecule has 43 heavy (non-hydrogen) atoms. The summed E-state index contributed by atoms with van der Waals surface area (Å²) in [4.78, 5) is 27.0. The lowest BCUT2D eigenvalue weighted by molar-refractivity contribution is 0.0660. The molecule has 2 aliphatic rings. The molecule has 4 aromatic rings. The Hall–Kier alpha value is -3.70. The Bertz CT molecular complexity index is 1480. The molecule has 0 unspecified atom stereocenters. The molecule has 0 radical (unpaired) electrons. The molecule has 4 N–H and O–H groups in total. The van der Waals surface area contributed by atoms with E-state index in [9.17, 15) is 9.59 Å². The summed E-state index contributed by atoms with van der Waals surface area (Å²) >= 11 is 6.18. The molecule has 2 aliphatic heterocycles. The number of carbonyl (C=O) groups is 2. The summed E-state index contributed by atoms with van der Waals surface area (Å²) in [5.41, 5.74) is 9.94. The number of hydrogen-bond donors (Lipinski definition) is 3. The van der Waals surface area contributed by atoms with Crippen LogP contribution in [0, 0.1) is 0 Å². The minimum absolute atomic E-state index is 0.0538. The van der Waals surface area contributed by atoms with Crippen molar-refractivity contribution in [2.24, 2.45) is 0 Å². The molecule has 0 aliphatic carbocycles. The van der Waals surface area contributed by atoms with E-state index < -0.39 is 5.97 Å². The van der Waals surface area contributed by atoms with Crippen LogP contribution >= 0.6 is 31.9 Å².